The molecule has 0 spiro atoms. The lowest BCUT2D eigenvalue weighted by molar-refractivity contribution is 0.0960. The SMILES string of the molecule is Nc1ccc(C(=O)CCN2CCNCC2)cc1. The first-order valence-corrected chi connectivity index (χ1v) is 6.07. The van der Waals surface area contributed by atoms with Gasteiger partial charge in [0.15, 0.2) is 5.78 Å². The lowest BCUT2D eigenvalue weighted by atomic mass is 10.1. The van der Waals surface area contributed by atoms with Crippen LogP contribution in [0, 0.1) is 0 Å². The molecule has 1 aromatic rings. The maximum Gasteiger partial charge on any atom is 0.164 e. The lowest BCUT2D eigenvalue weighted by Crippen LogP contribution is -2.44. The van der Waals surface area contributed by atoms with Crippen LogP contribution >= 0.6 is 0 Å². The highest BCUT2D eigenvalue weighted by Gasteiger charge is 2.12. The monoisotopic (exact) mass is 233 g/mol. The highest BCUT2D eigenvalue weighted by molar-refractivity contribution is 5.96. The molecule has 0 amide bonds. The topological polar surface area (TPSA) is 58.4 Å². The van der Waals surface area contributed by atoms with Gasteiger partial charge in [0.1, 0.15) is 0 Å². The molecule has 2 rings (SSSR count). The summed E-state index contributed by atoms with van der Waals surface area (Å²) in [6.07, 6.45) is 0.587. The van der Waals surface area contributed by atoms with Gasteiger partial charge in [-0.3, -0.25) is 4.79 Å². The van der Waals surface area contributed by atoms with Gasteiger partial charge < -0.3 is 16.0 Å². The fraction of sp³-hybridized carbons (Fsp3) is 0.462. The van der Waals surface area contributed by atoms with Crippen molar-refractivity contribution in [2.45, 2.75) is 6.42 Å². The summed E-state index contributed by atoms with van der Waals surface area (Å²) in [6.45, 7) is 4.97. The average Bonchev–Trinajstić information content (AvgIpc) is 2.38. The zero-order chi connectivity index (χ0) is 12.1. The van der Waals surface area contributed by atoms with Gasteiger partial charge in [-0.2, -0.15) is 0 Å². The maximum absolute atomic E-state index is 11.9. The number of carbonyl (C=O) groups excluding carboxylic acids is 1. The first kappa shape index (κ1) is 12.1. The molecular formula is C13H19N3O. The number of ketones is 1. The molecule has 1 aliphatic rings. The van der Waals surface area contributed by atoms with Crippen LogP contribution < -0.4 is 11.1 Å². The summed E-state index contributed by atoms with van der Waals surface area (Å²) in [5.41, 5.74) is 7.05. The second-order valence-corrected chi connectivity index (χ2v) is 4.39. The lowest BCUT2D eigenvalue weighted by Gasteiger charge is -2.26. The van der Waals surface area contributed by atoms with Crippen LogP contribution in [0.1, 0.15) is 16.8 Å². The molecule has 0 unspecified atom stereocenters. The van der Waals surface area contributed by atoms with E-state index in [-0.39, 0.29) is 5.78 Å². The highest BCUT2D eigenvalue weighted by atomic mass is 16.1. The van der Waals surface area contributed by atoms with Crippen LogP contribution in [0.25, 0.3) is 0 Å². The summed E-state index contributed by atoms with van der Waals surface area (Å²) in [7, 11) is 0. The number of piperazine rings is 1. The van der Waals surface area contributed by atoms with Crippen molar-refractivity contribution in [3.8, 4) is 0 Å². The third-order valence-electron chi connectivity index (χ3n) is 3.10. The van der Waals surface area contributed by atoms with Gasteiger partial charge in [-0.15, -0.1) is 0 Å². The average molecular weight is 233 g/mol. The van der Waals surface area contributed by atoms with Gasteiger partial charge >= 0.3 is 0 Å². The Morgan fingerprint density at radius 2 is 1.88 bits per heavy atom. The van der Waals surface area contributed by atoms with Crippen molar-refractivity contribution in [1.29, 1.82) is 0 Å². The van der Waals surface area contributed by atoms with E-state index < -0.39 is 0 Å². The number of hydrogen-bond acceptors (Lipinski definition) is 4. The van der Waals surface area contributed by atoms with Gasteiger partial charge in [-0.1, -0.05) is 0 Å². The van der Waals surface area contributed by atoms with E-state index in [0.29, 0.717) is 12.1 Å². The number of carbonyl (C=O) groups is 1. The molecule has 92 valence electrons. The first-order valence-electron chi connectivity index (χ1n) is 6.07. The summed E-state index contributed by atoms with van der Waals surface area (Å²) >= 11 is 0. The fourth-order valence-corrected chi connectivity index (χ4v) is 2.01. The number of nitrogen functional groups attached to an aromatic ring is 1. The Morgan fingerprint density at radius 3 is 2.53 bits per heavy atom. The minimum absolute atomic E-state index is 0.198. The Morgan fingerprint density at radius 1 is 1.24 bits per heavy atom. The number of nitrogens with zero attached hydrogens (tertiary/aromatic N) is 1. The van der Waals surface area contributed by atoms with Gasteiger partial charge in [-0.05, 0) is 24.3 Å². The first-order chi connectivity index (χ1) is 8.25. The van der Waals surface area contributed by atoms with Crippen LogP contribution in [0.15, 0.2) is 24.3 Å². The molecule has 1 saturated heterocycles. The molecule has 1 heterocycles. The van der Waals surface area contributed by atoms with E-state index in [2.05, 4.69) is 10.2 Å². The number of rotatable bonds is 4. The standard InChI is InChI=1S/C13H19N3O/c14-12-3-1-11(2-4-12)13(17)5-8-16-9-6-15-7-10-16/h1-4,15H,5-10,14H2. The molecule has 1 fully saturated rings. The fourth-order valence-electron chi connectivity index (χ4n) is 2.01. The second kappa shape index (κ2) is 5.80. The van der Waals surface area contributed by atoms with Crippen LogP contribution in [0.3, 0.4) is 0 Å². The van der Waals surface area contributed by atoms with Crippen molar-refractivity contribution in [2.24, 2.45) is 0 Å². The van der Waals surface area contributed by atoms with Gasteiger partial charge in [0.2, 0.25) is 0 Å². The summed E-state index contributed by atoms with van der Waals surface area (Å²) in [6, 6.07) is 7.15. The summed E-state index contributed by atoms with van der Waals surface area (Å²) in [5.74, 6) is 0.198. The quantitative estimate of drug-likeness (QED) is 0.595. The van der Waals surface area contributed by atoms with Crippen molar-refractivity contribution < 1.29 is 4.79 Å². The molecule has 0 aliphatic carbocycles. The Hall–Kier alpha value is -1.39. The van der Waals surface area contributed by atoms with Crippen molar-refractivity contribution in [2.75, 3.05) is 38.5 Å². The van der Waals surface area contributed by atoms with E-state index in [1.165, 1.54) is 0 Å². The van der Waals surface area contributed by atoms with E-state index in [9.17, 15) is 4.79 Å². The number of anilines is 1. The number of Topliss-reactive ketones (excluding diaryl/α,β-unsaturated/α-hetero) is 1. The van der Waals surface area contributed by atoms with Crippen LogP contribution in [-0.4, -0.2) is 43.4 Å². The minimum atomic E-state index is 0.198. The molecule has 0 atom stereocenters. The zero-order valence-corrected chi connectivity index (χ0v) is 9.98. The van der Waals surface area contributed by atoms with Crippen molar-refractivity contribution in [3.63, 3.8) is 0 Å². The molecule has 0 saturated carbocycles. The Kier molecular flexibility index (Phi) is 4.12. The van der Waals surface area contributed by atoms with Gasteiger partial charge in [0.25, 0.3) is 0 Å². The number of nitrogens with two attached hydrogens (primary N) is 1. The van der Waals surface area contributed by atoms with E-state index in [1.54, 1.807) is 24.3 Å². The molecule has 3 N–H and O–H groups in total. The van der Waals surface area contributed by atoms with Crippen molar-refractivity contribution >= 4 is 11.5 Å². The molecule has 1 aromatic carbocycles. The Labute approximate surface area is 102 Å². The summed E-state index contributed by atoms with van der Waals surface area (Å²) in [5, 5.41) is 3.30. The molecule has 17 heavy (non-hydrogen) atoms. The van der Waals surface area contributed by atoms with E-state index in [4.69, 9.17) is 5.73 Å². The molecule has 0 bridgehead atoms. The van der Waals surface area contributed by atoms with E-state index >= 15 is 0 Å². The van der Waals surface area contributed by atoms with Gasteiger partial charge in [-0.25, -0.2) is 0 Å². The molecule has 0 radical (unpaired) electrons. The van der Waals surface area contributed by atoms with Crippen LogP contribution in [0.2, 0.25) is 0 Å². The predicted octanol–water partition coefficient (Wildman–Crippen LogP) is 0.747. The minimum Gasteiger partial charge on any atom is -0.399 e. The van der Waals surface area contributed by atoms with Crippen LogP contribution in [0.5, 0.6) is 0 Å². The Bertz CT molecular complexity index is 369. The molecular weight excluding hydrogens is 214 g/mol. The summed E-state index contributed by atoms with van der Waals surface area (Å²) < 4.78 is 0. The predicted molar refractivity (Wildman–Crippen MR) is 69.1 cm³/mol. The zero-order valence-electron chi connectivity index (χ0n) is 9.98. The van der Waals surface area contributed by atoms with E-state index in [1.807, 2.05) is 0 Å². The summed E-state index contributed by atoms with van der Waals surface area (Å²) in [4.78, 5) is 14.2. The smallest absolute Gasteiger partial charge is 0.164 e. The molecule has 4 nitrogen and oxygen atoms in total. The van der Waals surface area contributed by atoms with Crippen molar-refractivity contribution in [3.05, 3.63) is 29.8 Å². The highest BCUT2D eigenvalue weighted by Crippen LogP contribution is 2.08. The van der Waals surface area contributed by atoms with Crippen LogP contribution in [0.4, 0.5) is 5.69 Å². The van der Waals surface area contributed by atoms with Gasteiger partial charge in [0.05, 0.1) is 0 Å². The van der Waals surface area contributed by atoms with Crippen LogP contribution in [-0.2, 0) is 0 Å². The molecule has 1 aliphatic heterocycles. The number of hydrogen-bond donors (Lipinski definition) is 2. The molecule has 0 aromatic heterocycles. The number of benzene rings is 1. The second-order valence-electron chi connectivity index (χ2n) is 4.39. The normalized spacial score (nSPS) is 16.9. The van der Waals surface area contributed by atoms with Gasteiger partial charge in [0, 0.05) is 50.4 Å². The number of nitrogens with one attached hydrogen (secondary N) is 1. The van der Waals surface area contributed by atoms with E-state index in [0.717, 1.165) is 38.3 Å². The largest absolute Gasteiger partial charge is 0.399 e. The van der Waals surface area contributed by atoms with Crippen molar-refractivity contribution in [1.82, 2.24) is 10.2 Å². The molecule has 4 heteroatoms. The third kappa shape index (κ3) is 3.54. The third-order valence-corrected chi connectivity index (χ3v) is 3.10. The maximum atomic E-state index is 11.9. The Balaban J connectivity index is 1.82.